The van der Waals surface area contributed by atoms with Crippen LogP contribution in [0.25, 0.3) is 0 Å². The van der Waals surface area contributed by atoms with E-state index in [4.69, 9.17) is 27.3 Å². The van der Waals surface area contributed by atoms with Crippen molar-refractivity contribution in [2.75, 3.05) is 7.11 Å². The van der Waals surface area contributed by atoms with E-state index < -0.39 is 0 Å². The molecule has 2 N–H and O–H groups in total. The normalized spacial score (nSPS) is 13.9. The molecule has 0 saturated carbocycles. The van der Waals surface area contributed by atoms with Gasteiger partial charge in [0.2, 0.25) is 0 Å². The predicted molar refractivity (Wildman–Crippen MR) is 69.1 cm³/mol. The molecule has 0 aromatic heterocycles. The van der Waals surface area contributed by atoms with Crippen molar-refractivity contribution in [1.29, 1.82) is 5.26 Å². The van der Waals surface area contributed by atoms with Crippen LogP contribution in [-0.2, 0) is 0 Å². The Balaban J connectivity index is 3.25. The number of halogens is 1. The van der Waals surface area contributed by atoms with E-state index in [2.05, 4.69) is 6.07 Å². The summed E-state index contributed by atoms with van der Waals surface area (Å²) in [5, 5.41) is 9.67. The summed E-state index contributed by atoms with van der Waals surface area (Å²) >= 11 is 6.02. The van der Waals surface area contributed by atoms with E-state index in [1.165, 1.54) is 0 Å². The molecule has 1 aromatic carbocycles. The van der Waals surface area contributed by atoms with E-state index in [1.54, 1.807) is 13.2 Å². The summed E-state index contributed by atoms with van der Waals surface area (Å²) in [5.74, 6) is 0.484. The number of methoxy groups -OCH3 is 1. The van der Waals surface area contributed by atoms with Crippen molar-refractivity contribution in [3.63, 3.8) is 0 Å². The molecule has 0 fully saturated rings. The van der Waals surface area contributed by atoms with E-state index >= 15 is 0 Å². The SMILES string of the molecule is CCC(C#N)C(N)c1cc(Cl)cc(C)c1OC. The molecule has 2 unspecified atom stereocenters. The lowest BCUT2D eigenvalue weighted by atomic mass is 9.91. The van der Waals surface area contributed by atoms with Gasteiger partial charge in [-0.2, -0.15) is 5.26 Å². The van der Waals surface area contributed by atoms with Crippen LogP contribution in [0, 0.1) is 24.2 Å². The van der Waals surface area contributed by atoms with Crippen LogP contribution in [0.15, 0.2) is 12.1 Å². The zero-order chi connectivity index (χ0) is 13.0. The van der Waals surface area contributed by atoms with Gasteiger partial charge in [-0.25, -0.2) is 0 Å². The van der Waals surface area contributed by atoms with Gasteiger partial charge in [0.15, 0.2) is 0 Å². The number of nitrogens with zero attached hydrogens (tertiary/aromatic N) is 1. The molecule has 92 valence electrons. The Bertz CT molecular complexity index is 440. The van der Waals surface area contributed by atoms with Gasteiger partial charge >= 0.3 is 0 Å². The number of aryl methyl sites for hydroxylation is 1. The van der Waals surface area contributed by atoms with Gasteiger partial charge in [-0.05, 0) is 31.0 Å². The first kappa shape index (κ1) is 13.8. The van der Waals surface area contributed by atoms with Crippen molar-refractivity contribution < 1.29 is 4.74 Å². The molecule has 0 saturated heterocycles. The number of benzene rings is 1. The molecule has 0 radical (unpaired) electrons. The summed E-state index contributed by atoms with van der Waals surface area (Å²) in [4.78, 5) is 0. The van der Waals surface area contributed by atoms with Crippen molar-refractivity contribution in [2.45, 2.75) is 26.3 Å². The Kier molecular flexibility index (Phi) is 4.80. The maximum absolute atomic E-state index is 9.06. The molecular formula is C13H17ClN2O. The highest BCUT2D eigenvalue weighted by Gasteiger charge is 2.22. The average Bonchev–Trinajstić information content (AvgIpc) is 2.29. The van der Waals surface area contributed by atoms with Gasteiger partial charge in [-0.1, -0.05) is 18.5 Å². The Labute approximate surface area is 107 Å². The highest BCUT2D eigenvalue weighted by Crippen LogP contribution is 2.34. The quantitative estimate of drug-likeness (QED) is 0.895. The van der Waals surface area contributed by atoms with Crippen molar-refractivity contribution in [3.8, 4) is 11.8 Å². The molecule has 0 aliphatic heterocycles. The molecule has 0 amide bonds. The number of hydrogen-bond acceptors (Lipinski definition) is 3. The zero-order valence-corrected chi connectivity index (χ0v) is 11.1. The average molecular weight is 253 g/mol. The Hall–Kier alpha value is -1.24. The second-order valence-corrected chi connectivity index (χ2v) is 4.45. The smallest absolute Gasteiger partial charge is 0.126 e. The van der Waals surface area contributed by atoms with Gasteiger partial charge in [-0.15, -0.1) is 0 Å². The summed E-state index contributed by atoms with van der Waals surface area (Å²) in [6.45, 7) is 3.85. The van der Waals surface area contributed by atoms with Crippen LogP contribution in [0.3, 0.4) is 0 Å². The van der Waals surface area contributed by atoms with E-state index in [9.17, 15) is 0 Å². The van der Waals surface area contributed by atoms with Crippen molar-refractivity contribution in [3.05, 3.63) is 28.3 Å². The first-order valence-corrected chi connectivity index (χ1v) is 5.92. The third-order valence-corrected chi connectivity index (χ3v) is 3.09. The van der Waals surface area contributed by atoms with Gasteiger partial charge in [-0.3, -0.25) is 0 Å². The summed E-state index contributed by atoms with van der Waals surface area (Å²) in [6, 6.07) is 5.44. The van der Waals surface area contributed by atoms with Crippen LogP contribution in [0.4, 0.5) is 0 Å². The van der Waals surface area contributed by atoms with Gasteiger partial charge in [0.25, 0.3) is 0 Å². The maximum Gasteiger partial charge on any atom is 0.126 e. The highest BCUT2D eigenvalue weighted by atomic mass is 35.5. The molecule has 0 heterocycles. The fourth-order valence-corrected chi connectivity index (χ4v) is 2.21. The standard InChI is InChI=1S/C13H17ClN2O/c1-4-9(7-15)12(16)11-6-10(14)5-8(2)13(11)17-3/h5-6,9,12H,4,16H2,1-3H3. The van der Waals surface area contributed by atoms with E-state index in [-0.39, 0.29) is 12.0 Å². The van der Waals surface area contributed by atoms with Crippen LogP contribution in [0.1, 0.15) is 30.5 Å². The monoisotopic (exact) mass is 252 g/mol. The number of ether oxygens (including phenoxy) is 1. The van der Waals surface area contributed by atoms with Gasteiger partial charge < -0.3 is 10.5 Å². The first-order valence-electron chi connectivity index (χ1n) is 5.54. The van der Waals surface area contributed by atoms with Crippen LogP contribution in [0.5, 0.6) is 5.75 Å². The maximum atomic E-state index is 9.06. The third-order valence-electron chi connectivity index (χ3n) is 2.87. The van der Waals surface area contributed by atoms with E-state index in [1.807, 2.05) is 19.9 Å². The molecule has 3 nitrogen and oxygen atoms in total. The fraction of sp³-hybridized carbons (Fsp3) is 0.462. The lowest BCUT2D eigenvalue weighted by molar-refractivity contribution is 0.394. The molecule has 1 rings (SSSR count). The molecule has 0 aliphatic carbocycles. The van der Waals surface area contributed by atoms with Crippen LogP contribution in [0.2, 0.25) is 5.02 Å². The van der Waals surface area contributed by atoms with Crippen LogP contribution < -0.4 is 10.5 Å². The van der Waals surface area contributed by atoms with Crippen LogP contribution >= 0.6 is 11.6 Å². The van der Waals surface area contributed by atoms with Gasteiger partial charge in [0, 0.05) is 16.6 Å². The number of nitriles is 1. The van der Waals surface area contributed by atoms with E-state index in [0.29, 0.717) is 11.4 Å². The number of rotatable bonds is 4. The second kappa shape index (κ2) is 5.90. The van der Waals surface area contributed by atoms with Gasteiger partial charge in [0.1, 0.15) is 5.75 Å². The molecular weight excluding hydrogens is 236 g/mol. The van der Waals surface area contributed by atoms with Crippen molar-refractivity contribution in [1.82, 2.24) is 0 Å². The molecule has 1 aromatic rings. The lowest BCUT2D eigenvalue weighted by Crippen LogP contribution is -2.20. The topological polar surface area (TPSA) is 59.0 Å². The molecule has 0 spiro atoms. The predicted octanol–water partition coefficient (Wildman–Crippen LogP) is 3.21. The van der Waals surface area contributed by atoms with Crippen LogP contribution in [-0.4, -0.2) is 7.11 Å². The van der Waals surface area contributed by atoms with E-state index in [0.717, 1.165) is 16.9 Å². The molecule has 0 aliphatic rings. The summed E-state index contributed by atoms with van der Waals surface area (Å²) in [5.41, 5.74) is 7.84. The first-order chi connectivity index (χ1) is 8.04. The zero-order valence-electron chi connectivity index (χ0n) is 10.3. The summed E-state index contributed by atoms with van der Waals surface area (Å²) in [7, 11) is 1.60. The second-order valence-electron chi connectivity index (χ2n) is 4.01. The van der Waals surface area contributed by atoms with Gasteiger partial charge in [0.05, 0.1) is 19.1 Å². The fourth-order valence-electron chi connectivity index (χ4n) is 1.92. The van der Waals surface area contributed by atoms with Crippen molar-refractivity contribution in [2.24, 2.45) is 11.7 Å². The summed E-state index contributed by atoms with van der Waals surface area (Å²) in [6.07, 6.45) is 0.701. The Morgan fingerprint density at radius 2 is 2.18 bits per heavy atom. The Morgan fingerprint density at radius 3 is 2.65 bits per heavy atom. The minimum atomic E-state index is -0.377. The minimum absolute atomic E-state index is 0.234. The number of hydrogen-bond donors (Lipinski definition) is 1. The molecule has 17 heavy (non-hydrogen) atoms. The molecule has 0 bridgehead atoms. The third kappa shape index (κ3) is 2.91. The molecule has 4 heteroatoms. The largest absolute Gasteiger partial charge is 0.496 e. The number of nitrogens with two attached hydrogens (primary N) is 1. The van der Waals surface area contributed by atoms with Crippen molar-refractivity contribution >= 4 is 11.6 Å². The highest BCUT2D eigenvalue weighted by molar-refractivity contribution is 6.30. The molecule has 2 atom stereocenters. The summed E-state index contributed by atoms with van der Waals surface area (Å²) < 4.78 is 5.34. The minimum Gasteiger partial charge on any atom is -0.496 e. The Morgan fingerprint density at radius 1 is 1.53 bits per heavy atom. The lowest BCUT2D eigenvalue weighted by Gasteiger charge is -2.20.